The van der Waals surface area contributed by atoms with Gasteiger partial charge in [0.1, 0.15) is 5.75 Å². The van der Waals surface area contributed by atoms with E-state index in [1.807, 2.05) is 12.2 Å². The number of unbranched alkanes of at least 4 members (excludes halogenated alkanes) is 1. The van der Waals surface area contributed by atoms with Crippen LogP contribution in [0, 0.1) is 0 Å². The summed E-state index contributed by atoms with van der Waals surface area (Å²) in [6.45, 7) is 17.4. The van der Waals surface area contributed by atoms with E-state index < -0.39 is 0 Å². The van der Waals surface area contributed by atoms with Crippen LogP contribution in [0.15, 0.2) is 61.7 Å². The molecule has 0 spiro atoms. The second-order valence-electron chi connectivity index (χ2n) is 7.76. The maximum absolute atomic E-state index is 6.18. The molecular formula is C26H34O. The van der Waals surface area contributed by atoms with Crippen LogP contribution in [0.1, 0.15) is 69.1 Å². The predicted molar refractivity (Wildman–Crippen MR) is 119 cm³/mol. The van der Waals surface area contributed by atoms with Crippen molar-refractivity contribution in [3.05, 3.63) is 78.4 Å². The van der Waals surface area contributed by atoms with Crippen LogP contribution >= 0.6 is 0 Å². The molecule has 2 aromatic rings. The number of ether oxygens (including phenoxy) is 1. The molecule has 27 heavy (non-hydrogen) atoms. The van der Waals surface area contributed by atoms with Crippen molar-refractivity contribution in [2.75, 3.05) is 6.61 Å². The summed E-state index contributed by atoms with van der Waals surface area (Å²) in [7, 11) is 0. The lowest BCUT2D eigenvalue weighted by molar-refractivity contribution is 0.307. The second-order valence-corrected chi connectivity index (χ2v) is 7.76. The van der Waals surface area contributed by atoms with Crippen molar-refractivity contribution in [3.63, 3.8) is 0 Å². The monoisotopic (exact) mass is 362 g/mol. The van der Waals surface area contributed by atoms with E-state index in [1.54, 1.807) is 0 Å². The molecule has 2 aromatic carbocycles. The summed E-state index contributed by atoms with van der Waals surface area (Å²) in [5, 5.41) is 0. The fraction of sp³-hybridized carbons (Fsp3) is 0.385. The lowest BCUT2D eigenvalue weighted by Crippen LogP contribution is -2.04. The molecule has 0 aromatic heterocycles. The second kappa shape index (κ2) is 10.2. The van der Waals surface area contributed by atoms with Gasteiger partial charge in [-0.25, -0.2) is 0 Å². The zero-order valence-electron chi connectivity index (χ0n) is 17.4. The molecule has 2 rings (SSSR count). The number of rotatable bonds is 10. The molecule has 0 fully saturated rings. The van der Waals surface area contributed by atoms with Gasteiger partial charge in [-0.2, -0.15) is 0 Å². The highest BCUT2D eigenvalue weighted by molar-refractivity contribution is 5.71. The zero-order chi connectivity index (χ0) is 19.8. The molecule has 0 heterocycles. The SMILES string of the molecule is C=CCCCOc1cc(C(C)C)c(-c2cccc(CC=C)c2)cc1C(C)C. The summed E-state index contributed by atoms with van der Waals surface area (Å²) < 4.78 is 6.18. The fourth-order valence-electron chi connectivity index (χ4n) is 3.36. The van der Waals surface area contributed by atoms with E-state index in [0.29, 0.717) is 11.8 Å². The first-order valence-electron chi connectivity index (χ1n) is 10.1. The molecular weight excluding hydrogens is 328 g/mol. The van der Waals surface area contributed by atoms with E-state index >= 15 is 0 Å². The maximum Gasteiger partial charge on any atom is 0.123 e. The van der Waals surface area contributed by atoms with Gasteiger partial charge < -0.3 is 4.74 Å². The zero-order valence-corrected chi connectivity index (χ0v) is 17.4. The van der Waals surface area contributed by atoms with Gasteiger partial charge in [0.15, 0.2) is 0 Å². The Morgan fingerprint density at radius 1 is 0.926 bits per heavy atom. The van der Waals surface area contributed by atoms with E-state index in [4.69, 9.17) is 4.74 Å². The van der Waals surface area contributed by atoms with Crippen molar-refractivity contribution in [2.24, 2.45) is 0 Å². The average molecular weight is 363 g/mol. The van der Waals surface area contributed by atoms with Gasteiger partial charge in [-0.3, -0.25) is 0 Å². The number of allylic oxidation sites excluding steroid dienone is 2. The van der Waals surface area contributed by atoms with Crippen LogP contribution in [0.4, 0.5) is 0 Å². The maximum atomic E-state index is 6.18. The Morgan fingerprint density at radius 3 is 2.30 bits per heavy atom. The molecule has 0 radical (unpaired) electrons. The molecule has 1 nitrogen and oxygen atoms in total. The third kappa shape index (κ3) is 5.60. The van der Waals surface area contributed by atoms with Gasteiger partial charge >= 0.3 is 0 Å². The van der Waals surface area contributed by atoms with Crippen LogP contribution < -0.4 is 4.74 Å². The first-order chi connectivity index (χ1) is 13.0. The minimum absolute atomic E-state index is 0.413. The van der Waals surface area contributed by atoms with Gasteiger partial charge in [0.2, 0.25) is 0 Å². The minimum atomic E-state index is 0.413. The average Bonchev–Trinajstić information content (AvgIpc) is 2.65. The first-order valence-corrected chi connectivity index (χ1v) is 10.1. The van der Waals surface area contributed by atoms with Crippen LogP contribution in [-0.2, 0) is 6.42 Å². The van der Waals surface area contributed by atoms with Crippen molar-refractivity contribution < 1.29 is 4.74 Å². The lowest BCUT2D eigenvalue weighted by atomic mass is 9.87. The summed E-state index contributed by atoms with van der Waals surface area (Å²) in [5.41, 5.74) is 6.51. The molecule has 0 aliphatic carbocycles. The quantitative estimate of drug-likeness (QED) is 0.311. The first kappa shape index (κ1) is 21.0. The number of hydrogen-bond acceptors (Lipinski definition) is 1. The smallest absolute Gasteiger partial charge is 0.123 e. The molecule has 0 unspecified atom stereocenters. The minimum Gasteiger partial charge on any atom is -0.493 e. The van der Waals surface area contributed by atoms with Crippen molar-refractivity contribution in [3.8, 4) is 16.9 Å². The van der Waals surface area contributed by atoms with Crippen molar-refractivity contribution >= 4 is 0 Å². The van der Waals surface area contributed by atoms with E-state index in [1.165, 1.54) is 27.8 Å². The van der Waals surface area contributed by atoms with Gasteiger partial charge in [-0.15, -0.1) is 13.2 Å². The van der Waals surface area contributed by atoms with Crippen LogP contribution in [0.5, 0.6) is 5.75 Å². The third-order valence-electron chi connectivity index (χ3n) is 4.85. The Hall–Kier alpha value is -2.28. The Labute approximate surface area is 165 Å². The fourth-order valence-corrected chi connectivity index (χ4v) is 3.36. The predicted octanol–water partition coefficient (Wildman–Crippen LogP) is 7.67. The summed E-state index contributed by atoms with van der Waals surface area (Å²) in [6.07, 6.45) is 6.80. The molecule has 0 amide bonds. The van der Waals surface area contributed by atoms with Crippen molar-refractivity contribution in [2.45, 2.75) is 58.8 Å². The summed E-state index contributed by atoms with van der Waals surface area (Å²) >= 11 is 0. The largest absolute Gasteiger partial charge is 0.493 e. The van der Waals surface area contributed by atoms with Crippen LogP contribution in [0.25, 0.3) is 11.1 Å². The normalized spacial score (nSPS) is 11.0. The van der Waals surface area contributed by atoms with E-state index in [-0.39, 0.29) is 0 Å². The van der Waals surface area contributed by atoms with Gasteiger partial charge in [0.25, 0.3) is 0 Å². The molecule has 0 atom stereocenters. The van der Waals surface area contributed by atoms with E-state index in [0.717, 1.165) is 31.6 Å². The molecule has 0 saturated heterocycles. The van der Waals surface area contributed by atoms with E-state index in [2.05, 4.69) is 77.3 Å². The van der Waals surface area contributed by atoms with Gasteiger partial charge in [-0.05, 0) is 71.0 Å². The molecule has 0 saturated carbocycles. The van der Waals surface area contributed by atoms with Crippen LogP contribution in [0.2, 0.25) is 0 Å². The molecule has 0 N–H and O–H groups in total. The Bertz CT molecular complexity index is 768. The van der Waals surface area contributed by atoms with Crippen LogP contribution in [-0.4, -0.2) is 6.61 Å². The molecule has 1 heteroatoms. The highest BCUT2D eigenvalue weighted by Gasteiger charge is 2.17. The summed E-state index contributed by atoms with van der Waals surface area (Å²) in [6, 6.07) is 13.4. The Kier molecular flexibility index (Phi) is 7.91. The highest BCUT2D eigenvalue weighted by Crippen LogP contribution is 2.38. The summed E-state index contributed by atoms with van der Waals surface area (Å²) in [4.78, 5) is 0. The lowest BCUT2D eigenvalue weighted by Gasteiger charge is -2.21. The topological polar surface area (TPSA) is 9.23 Å². The van der Waals surface area contributed by atoms with E-state index in [9.17, 15) is 0 Å². The van der Waals surface area contributed by atoms with Crippen LogP contribution in [0.3, 0.4) is 0 Å². The molecule has 0 aliphatic heterocycles. The standard InChI is InChI=1S/C26H34O/c1-7-9-10-15-27-26-18-23(19(3)4)25(17-24(26)20(5)6)22-14-11-13-21(16-22)12-8-2/h7-8,11,13-14,16-20H,1-2,9-10,12,15H2,3-6H3. The number of benzene rings is 2. The van der Waals surface area contributed by atoms with Gasteiger partial charge in [-0.1, -0.05) is 64.1 Å². The van der Waals surface area contributed by atoms with Gasteiger partial charge in [0.05, 0.1) is 6.61 Å². The summed E-state index contributed by atoms with van der Waals surface area (Å²) in [5.74, 6) is 1.87. The molecule has 0 bridgehead atoms. The molecule has 144 valence electrons. The van der Waals surface area contributed by atoms with Crippen molar-refractivity contribution in [1.82, 2.24) is 0 Å². The Morgan fingerprint density at radius 2 is 1.67 bits per heavy atom. The molecule has 0 aliphatic rings. The van der Waals surface area contributed by atoms with Gasteiger partial charge in [0, 0.05) is 0 Å². The Balaban J connectivity index is 2.50. The highest BCUT2D eigenvalue weighted by atomic mass is 16.5. The number of hydrogen-bond donors (Lipinski definition) is 0. The van der Waals surface area contributed by atoms with Crippen molar-refractivity contribution in [1.29, 1.82) is 0 Å². The third-order valence-corrected chi connectivity index (χ3v) is 4.85.